The summed E-state index contributed by atoms with van der Waals surface area (Å²) in [6.45, 7) is 8.58. The van der Waals surface area contributed by atoms with E-state index in [9.17, 15) is 0 Å². The molecule has 0 radical (unpaired) electrons. The van der Waals surface area contributed by atoms with Crippen molar-refractivity contribution in [1.82, 2.24) is 0 Å². The van der Waals surface area contributed by atoms with Crippen molar-refractivity contribution in [3.63, 3.8) is 0 Å². The minimum atomic E-state index is -0.595. The fourth-order valence-electron chi connectivity index (χ4n) is 0.902. The second kappa shape index (κ2) is 7.03. The van der Waals surface area contributed by atoms with Gasteiger partial charge in [-0.15, -0.1) is 6.58 Å². The quantitative estimate of drug-likeness (QED) is 0.388. The molecule has 0 N–H and O–H groups in total. The van der Waals surface area contributed by atoms with E-state index in [1.54, 1.807) is 6.08 Å². The monoisotopic (exact) mass is 158 g/mol. The SMILES string of the molecule is C=CC.C[SiH]1CCCCO1. The van der Waals surface area contributed by atoms with Crippen molar-refractivity contribution < 1.29 is 4.43 Å². The molecule has 2 heteroatoms. The van der Waals surface area contributed by atoms with Gasteiger partial charge in [0.1, 0.15) is 0 Å². The molecule has 1 atom stereocenters. The lowest BCUT2D eigenvalue weighted by Gasteiger charge is -2.16. The van der Waals surface area contributed by atoms with Gasteiger partial charge in [0.05, 0.1) is 0 Å². The topological polar surface area (TPSA) is 9.23 Å². The first-order valence-corrected chi connectivity index (χ1v) is 6.44. The number of hydrogen-bond donors (Lipinski definition) is 0. The normalized spacial score (nSPS) is 24.4. The maximum atomic E-state index is 5.42. The zero-order valence-electron chi connectivity index (χ0n) is 7.10. The predicted octanol–water partition coefficient (Wildman–Crippen LogP) is 2.34. The van der Waals surface area contributed by atoms with E-state index in [1.165, 1.54) is 18.9 Å². The lowest BCUT2D eigenvalue weighted by atomic mass is 10.4. The molecule has 0 bridgehead atoms. The van der Waals surface area contributed by atoms with Crippen LogP contribution in [0, 0.1) is 0 Å². The van der Waals surface area contributed by atoms with Crippen LogP contribution in [0.3, 0.4) is 0 Å². The van der Waals surface area contributed by atoms with Crippen LogP contribution in [0.15, 0.2) is 12.7 Å². The van der Waals surface area contributed by atoms with E-state index < -0.39 is 9.04 Å². The summed E-state index contributed by atoms with van der Waals surface area (Å²) in [5.74, 6) is 0. The number of allylic oxidation sites excluding steroid dienone is 1. The molecule has 1 aliphatic heterocycles. The van der Waals surface area contributed by atoms with Crippen LogP contribution in [0.5, 0.6) is 0 Å². The molecule has 0 aromatic heterocycles. The van der Waals surface area contributed by atoms with Crippen LogP contribution >= 0.6 is 0 Å². The summed E-state index contributed by atoms with van der Waals surface area (Å²) in [5, 5.41) is 0. The van der Waals surface area contributed by atoms with Crippen LogP contribution in [0.2, 0.25) is 12.6 Å². The van der Waals surface area contributed by atoms with Crippen molar-refractivity contribution in [1.29, 1.82) is 0 Å². The molecule has 60 valence electrons. The van der Waals surface area contributed by atoms with Crippen molar-refractivity contribution in [2.24, 2.45) is 0 Å². The Bertz CT molecular complexity index is 77.3. The molecule has 0 aliphatic carbocycles. The highest BCUT2D eigenvalue weighted by Crippen LogP contribution is 2.09. The second-order valence-corrected chi connectivity index (χ2v) is 5.12. The Hall–Kier alpha value is -0.0831. The fraction of sp³-hybridized carbons (Fsp3) is 0.750. The molecular weight excluding hydrogens is 140 g/mol. The minimum absolute atomic E-state index is 0.595. The Labute approximate surface area is 65.8 Å². The van der Waals surface area contributed by atoms with Crippen LogP contribution in [-0.4, -0.2) is 15.6 Å². The molecule has 0 saturated carbocycles. The van der Waals surface area contributed by atoms with Crippen LogP contribution in [0.1, 0.15) is 19.8 Å². The molecule has 0 aromatic carbocycles. The molecule has 0 aromatic rings. The zero-order valence-corrected chi connectivity index (χ0v) is 8.25. The summed E-state index contributed by atoms with van der Waals surface area (Å²) in [6, 6.07) is 1.40. The summed E-state index contributed by atoms with van der Waals surface area (Å²) >= 11 is 0. The Morgan fingerprint density at radius 2 is 2.10 bits per heavy atom. The third kappa shape index (κ3) is 6.04. The molecule has 1 saturated heterocycles. The highest BCUT2D eigenvalue weighted by atomic mass is 28.3. The predicted molar refractivity (Wildman–Crippen MR) is 48.9 cm³/mol. The Kier molecular flexibility index (Phi) is 6.97. The van der Waals surface area contributed by atoms with E-state index in [0.29, 0.717) is 0 Å². The van der Waals surface area contributed by atoms with Gasteiger partial charge in [-0.05, 0) is 25.9 Å². The summed E-state index contributed by atoms with van der Waals surface area (Å²) in [6.07, 6.45) is 4.48. The van der Waals surface area contributed by atoms with Gasteiger partial charge in [0.25, 0.3) is 0 Å². The Balaban J connectivity index is 0.000000236. The van der Waals surface area contributed by atoms with Crippen molar-refractivity contribution in [3.8, 4) is 0 Å². The summed E-state index contributed by atoms with van der Waals surface area (Å²) in [7, 11) is -0.595. The molecule has 0 spiro atoms. The van der Waals surface area contributed by atoms with E-state index in [-0.39, 0.29) is 0 Å². The molecular formula is C8H18OSi. The molecule has 0 amide bonds. The fourth-order valence-corrected chi connectivity index (χ4v) is 2.50. The standard InChI is InChI=1S/C5H12OSi.C3H6/c1-7-5-3-2-4-6-7;1-3-2/h7H,2-5H2,1H3;3H,1H2,2H3. The van der Waals surface area contributed by atoms with Crippen molar-refractivity contribution in [3.05, 3.63) is 12.7 Å². The highest BCUT2D eigenvalue weighted by molar-refractivity contribution is 6.50. The first-order chi connectivity index (χ1) is 4.81. The Morgan fingerprint density at radius 3 is 2.30 bits per heavy atom. The average Bonchev–Trinajstić information content (AvgIpc) is 1.91. The number of hydrogen-bond acceptors (Lipinski definition) is 1. The molecule has 1 nitrogen and oxygen atoms in total. The second-order valence-electron chi connectivity index (χ2n) is 2.59. The molecule has 1 heterocycles. The van der Waals surface area contributed by atoms with E-state index in [4.69, 9.17) is 4.43 Å². The zero-order chi connectivity index (χ0) is 7.82. The first kappa shape index (κ1) is 9.92. The molecule has 1 rings (SSSR count). The van der Waals surface area contributed by atoms with E-state index in [1.807, 2.05) is 6.92 Å². The van der Waals surface area contributed by atoms with Gasteiger partial charge in [0.2, 0.25) is 0 Å². The first-order valence-electron chi connectivity index (χ1n) is 4.00. The number of rotatable bonds is 0. The summed E-state index contributed by atoms with van der Waals surface area (Å²) in [4.78, 5) is 0. The van der Waals surface area contributed by atoms with Gasteiger partial charge in [-0.2, -0.15) is 0 Å². The van der Waals surface area contributed by atoms with E-state index >= 15 is 0 Å². The highest BCUT2D eigenvalue weighted by Gasteiger charge is 2.08. The minimum Gasteiger partial charge on any atom is -0.420 e. The van der Waals surface area contributed by atoms with Gasteiger partial charge in [-0.1, -0.05) is 12.5 Å². The van der Waals surface area contributed by atoms with Crippen LogP contribution in [-0.2, 0) is 4.43 Å². The average molecular weight is 158 g/mol. The van der Waals surface area contributed by atoms with Gasteiger partial charge in [-0.3, -0.25) is 0 Å². The van der Waals surface area contributed by atoms with Gasteiger partial charge in [-0.25, -0.2) is 0 Å². The molecule has 10 heavy (non-hydrogen) atoms. The third-order valence-electron chi connectivity index (χ3n) is 1.41. The maximum absolute atomic E-state index is 5.42. The van der Waals surface area contributed by atoms with Gasteiger partial charge in [0.15, 0.2) is 9.04 Å². The largest absolute Gasteiger partial charge is 0.420 e. The van der Waals surface area contributed by atoms with Crippen LogP contribution in [0.25, 0.3) is 0 Å². The van der Waals surface area contributed by atoms with Gasteiger partial charge >= 0.3 is 0 Å². The summed E-state index contributed by atoms with van der Waals surface area (Å²) < 4.78 is 5.42. The van der Waals surface area contributed by atoms with Crippen LogP contribution < -0.4 is 0 Å². The smallest absolute Gasteiger partial charge is 0.173 e. The van der Waals surface area contributed by atoms with Crippen molar-refractivity contribution in [2.75, 3.05) is 6.61 Å². The lowest BCUT2D eigenvalue weighted by Crippen LogP contribution is -2.18. The Morgan fingerprint density at radius 1 is 1.50 bits per heavy atom. The maximum Gasteiger partial charge on any atom is 0.173 e. The molecule has 1 fully saturated rings. The van der Waals surface area contributed by atoms with Gasteiger partial charge < -0.3 is 4.43 Å². The third-order valence-corrected chi connectivity index (χ3v) is 3.43. The van der Waals surface area contributed by atoms with Crippen molar-refractivity contribution in [2.45, 2.75) is 32.4 Å². The summed E-state index contributed by atoms with van der Waals surface area (Å²) in [5.41, 5.74) is 0. The van der Waals surface area contributed by atoms with E-state index in [2.05, 4.69) is 13.1 Å². The lowest BCUT2D eigenvalue weighted by molar-refractivity contribution is 0.291. The molecule has 1 unspecified atom stereocenters. The van der Waals surface area contributed by atoms with Gasteiger partial charge in [0, 0.05) is 6.61 Å². The van der Waals surface area contributed by atoms with Crippen molar-refractivity contribution >= 4 is 9.04 Å². The van der Waals surface area contributed by atoms with E-state index in [0.717, 1.165) is 6.61 Å². The molecule has 1 aliphatic rings. The van der Waals surface area contributed by atoms with Crippen LogP contribution in [0.4, 0.5) is 0 Å².